The molecule has 1 rings (SSSR count). The van der Waals surface area contributed by atoms with Crippen molar-refractivity contribution in [3.8, 4) is 0 Å². The molecule has 68 valence electrons. The second kappa shape index (κ2) is 4.62. The summed E-state index contributed by atoms with van der Waals surface area (Å²) in [7, 11) is 2.10. The number of aromatic nitrogens is 2. The zero-order chi connectivity index (χ0) is 8.97. The molecule has 0 aromatic carbocycles. The molecule has 1 N–H and O–H groups in total. The van der Waals surface area contributed by atoms with E-state index in [2.05, 4.69) is 44.8 Å². The fraction of sp³-hybridized carbons (Fsp3) is 0.625. The molecular formula is C8H14BrN3. The highest BCUT2D eigenvalue weighted by atomic mass is 79.9. The van der Waals surface area contributed by atoms with Crippen molar-refractivity contribution in [2.45, 2.75) is 19.9 Å². The van der Waals surface area contributed by atoms with Gasteiger partial charge in [-0.1, -0.05) is 6.92 Å². The predicted molar refractivity (Wildman–Crippen MR) is 52.9 cm³/mol. The van der Waals surface area contributed by atoms with Crippen molar-refractivity contribution in [3.63, 3.8) is 0 Å². The minimum atomic E-state index is 0.888. The Kier molecular flexibility index (Phi) is 3.75. The second-order valence-corrected chi connectivity index (χ2v) is 3.77. The number of nitrogens with zero attached hydrogens (tertiary/aromatic N) is 2. The second-order valence-electron chi connectivity index (χ2n) is 2.92. The van der Waals surface area contributed by atoms with Gasteiger partial charge in [0.1, 0.15) is 10.4 Å². The molecule has 3 nitrogen and oxygen atoms in total. The number of hydrogen-bond donors (Lipinski definition) is 1. The zero-order valence-corrected chi connectivity index (χ0v) is 9.06. The minimum absolute atomic E-state index is 0.888. The molecule has 4 heteroatoms. The number of rotatable bonds is 4. The molecule has 0 bridgehead atoms. The lowest BCUT2D eigenvalue weighted by atomic mass is 10.4. The Labute approximate surface area is 81.3 Å². The molecule has 0 radical (unpaired) electrons. The van der Waals surface area contributed by atoms with Gasteiger partial charge in [-0.05, 0) is 35.9 Å². The van der Waals surface area contributed by atoms with Gasteiger partial charge in [-0.3, -0.25) is 4.90 Å². The Balaban J connectivity index is 2.41. The van der Waals surface area contributed by atoms with Gasteiger partial charge in [0, 0.05) is 0 Å². The Morgan fingerprint density at radius 3 is 2.92 bits per heavy atom. The van der Waals surface area contributed by atoms with Gasteiger partial charge in [0.2, 0.25) is 0 Å². The lowest BCUT2D eigenvalue weighted by Crippen LogP contribution is -2.19. The molecule has 0 saturated heterocycles. The highest BCUT2D eigenvalue weighted by molar-refractivity contribution is 9.10. The number of nitrogens with one attached hydrogen (secondary N) is 1. The molecule has 12 heavy (non-hydrogen) atoms. The molecule has 0 amide bonds. The van der Waals surface area contributed by atoms with E-state index in [0.717, 1.165) is 23.5 Å². The summed E-state index contributed by atoms with van der Waals surface area (Å²) in [5, 5.41) is 0. The topological polar surface area (TPSA) is 31.9 Å². The standard InChI is InChI=1S/C8H14BrN3/c1-3-4-12(2)6-8-10-5-7(9)11-8/h5H,3-4,6H2,1-2H3,(H,10,11). The van der Waals surface area contributed by atoms with Crippen LogP contribution in [-0.4, -0.2) is 28.5 Å². The SMILES string of the molecule is CCCN(C)Cc1ncc(Br)[nH]1. The number of aromatic amines is 1. The normalized spacial score (nSPS) is 11.0. The van der Waals surface area contributed by atoms with Gasteiger partial charge >= 0.3 is 0 Å². The first-order valence-electron chi connectivity index (χ1n) is 4.10. The van der Waals surface area contributed by atoms with Crippen molar-refractivity contribution in [2.75, 3.05) is 13.6 Å². The van der Waals surface area contributed by atoms with Crippen molar-refractivity contribution in [1.82, 2.24) is 14.9 Å². The summed E-state index contributed by atoms with van der Waals surface area (Å²) >= 11 is 3.32. The van der Waals surface area contributed by atoms with Crippen LogP contribution in [0.3, 0.4) is 0 Å². The first-order valence-corrected chi connectivity index (χ1v) is 4.89. The third kappa shape index (κ3) is 2.95. The number of hydrogen-bond acceptors (Lipinski definition) is 2. The summed E-state index contributed by atoms with van der Waals surface area (Å²) in [5.74, 6) is 1.01. The fourth-order valence-corrected chi connectivity index (χ4v) is 1.47. The summed E-state index contributed by atoms with van der Waals surface area (Å²) < 4.78 is 0.947. The van der Waals surface area contributed by atoms with Crippen LogP contribution in [0.2, 0.25) is 0 Å². The lowest BCUT2D eigenvalue weighted by molar-refractivity contribution is 0.320. The van der Waals surface area contributed by atoms with Gasteiger partial charge in [0.05, 0.1) is 12.7 Å². The van der Waals surface area contributed by atoms with E-state index in [0.29, 0.717) is 0 Å². The summed E-state index contributed by atoms with van der Waals surface area (Å²) in [6.07, 6.45) is 2.97. The van der Waals surface area contributed by atoms with Gasteiger partial charge in [0.25, 0.3) is 0 Å². The van der Waals surface area contributed by atoms with Crippen molar-refractivity contribution in [2.24, 2.45) is 0 Å². The fourth-order valence-electron chi connectivity index (χ4n) is 1.13. The molecule has 0 unspecified atom stereocenters. The van der Waals surface area contributed by atoms with E-state index < -0.39 is 0 Å². The Hall–Kier alpha value is -0.350. The van der Waals surface area contributed by atoms with E-state index in [1.165, 1.54) is 6.42 Å². The quantitative estimate of drug-likeness (QED) is 0.861. The average Bonchev–Trinajstić information content (AvgIpc) is 2.36. The Bertz CT molecular complexity index is 234. The van der Waals surface area contributed by atoms with Crippen molar-refractivity contribution >= 4 is 15.9 Å². The predicted octanol–water partition coefficient (Wildman–Crippen LogP) is 2.01. The van der Waals surface area contributed by atoms with Gasteiger partial charge < -0.3 is 4.98 Å². The first kappa shape index (κ1) is 9.74. The van der Waals surface area contributed by atoms with Crippen molar-refractivity contribution in [3.05, 3.63) is 16.6 Å². The van der Waals surface area contributed by atoms with Crippen LogP contribution in [0.5, 0.6) is 0 Å². The molecule has 0 spiro atoms. The number of halogens is 1. The monoisotopic (exact) mass is 231 g/mol. The van der Waals surface area contributed by atoms with Gasteiger partial charge in [-0.15, -0.1) is 0 Å². The summed E-state index contributed by atoms with van der Waals surface area (Å²) in [5.41, 5.74) is 0. The molecule has 0 atom stereocenters. The largest absolute Gasteiger partial charge is 0.336 e. The third-order valence-corrected chi connectivity index (χ3v) is 2.03. The van der Waals surface area contributed by atoms with E-state index in [-0.39, 0.29) is 0 Å². The molecule has 1 aromatic rings. The molecule has 1 aromatic heterocycles. The molecule has 0 fully saturated rings. The van der Waals surface area contributed by atoms with Crippen molar-refractivity contribution in [1.29, 1.82) is 0 Å². The third-order valence-electron chi connectivity index (χ3n) is 1.62. The molecule has 0 saturated carbocycles. The maximum atomic E-state index is 4.19. The van der Waals surface area contributed by atoms with E-state index in [1.807, 2.05) is 0 Å². The van der Waals surface area contributed by atoms with E-state index in [9.17, 15) is 0 Å². The van der Waals surface area contributed by atoms with Gasteiger partial charge in [-0.2, -0.15) is 0 Å². The van der Waals surface area contributed by atoms with Gasteiger partial charge in [0.15, 0.2) is 0 Å². The van der Waals surface area contributed by atoms with Gasteiger partial charge in [-0.25, -0.2) is 4.98 Å². The highest BCUT2D eigenvalue weighted by Crippen LogP contribution is 2.06. The van der Waals surface area contributed by atoms with Crippen LogP contribution < -0.4 is 0 Å². The Morgan fingerprint density at radius 1 is 1.67 bits per heavy atom. The van der Waals surface area contributed by atoms with Crippen LogP contribution in [0.4, 0.5) is 0 Å². The minimum Gasteiger partial charge on any atom is -0.336 e. The lowest BCUT2D eigenvalue weighted by Gasteiger charge is -2.12. The first-order chi connectivity index (χ1) is 5.72. The van der Waals surface area contributed by atoms with E-state index in [1.54, 1.807) is 6.20 Å². The molecule has 0 aliphatic carbocycles. The maximum Gasteiger partial charge on any atom is 0.121 e. The molecule has 0 aliphatic rings. The molecular weight excluding hydrogens is 218 g/mol. The maximum absolute atomic E-state index is 4.19. The smallest absolute Gasteiger partial charge is 0.121 e. The van der Waals surface area contributed by atoms with Crippen LogP contribution in [0.25, 0.3) is 0 Å². The van der Waals surface area contributed by atoms with E-state index >= 15 is 0 Å². The van der Waals surface area contributed by atoms with Crippen LogP contribution in [-0.2, 0) is 6.54 Å². The van der Waals surface area contributed by atoms with Crippen LogP contribution >= 0.6 is 15.9 Å². The number of H-pyrrole nitrogens is 1. The van der Waals surface area contributed by atoms with Crippen LogP contribution in [0, 0.1) is 0 Å². The van der Waals surface area contributed by atoms with Crippen LogP contribution in [0.15, 0.2) is 10.8 Å². The highest BCUT2D eigenvalue weighted by Gasteiger charge is 2.01. The van der Waals surface area contributed by atoms with E-state index in [4.69, 9.17) is 0 Å². The van der Waals surface area contributed by atoms with Crippen LogP contribution in [0.1, 0.15) is 19.2 Å². The molecule has 1 heterocycles. The zero-order valence-electron chi connectivity index (χ0n) is 7.47. The Morgan fingerprint density at radius 2 is 2.42 bits per heavy atom. The average molecular weight is 232 g/mol. The summed E-state index contributed by atoms with van der Waals surface area (Å²) in [4.78, 5) is 9.56. The summed E-state index contributed by atoms with van der Waals surface area (Å²) in [6.45, 7) is 4.17. The van der Waals surface area contributed by atoms with Crippen molar-refractivity contribution < 1.29 is 0 Å². The molecule has 0 aliphatic heterocycles. The summed E-state index contributed by atoms with van der Waals surface area (Å²) in [6, 6.07) is 0. The number of imidazole rings is 1.